The lowest BCUT2D eigenvalue weighted by atomic mass is 10.0. The average Bonchev–Trinajstić information content (AvgIpc) is 2.86. The number of amides is 1. The molecule has 2 heterocycles. The summed E-state index contributed by atoms with van der Waals surface area (Å²) in [5.41, 5.74) is 0. The van der Waals surface area contributed by atoms with Gasteiger partial charge in [-0.1, -0.05) is 6.92 Å². The first-order valence-electron chi connectivity index (χ1n) is 6.18. The van der Waals surface area contributed by atoms with Gasteiger partial charge in [-0.25, -0.2) is 0 Å². The molecule has 0 aliphatic carbocycles. The third-order valence-electron chi connectivity index (χ3n) is 3.36. The highest BCUT2D eigenvalue weighted by molar-refractivity contribution is 7.12. The van der Waals surface area contributed by atoms with E-state index >= 15 is 0 Å². The number of nitrogens with one attached hydrogen (secondary N) is 2. The minimum absolute atomic E-state index is 0.0153. The Morgan fingerprint density at radius 1 is 1.59 bits per heavy atom. The fraction of sp³-hybridized carbons (Fsp3) is 0.615. The lowest BCUT2D eigenvalue weighted by Crippen LogP contribution is -2.43. The molecule has 0 bridgehead atoms. The van der Waals surface area contributed by atoms with Gasteiger partial charge in [0.05, 0.1) is 12.1 Å². The van der Waals surface area contributed by atoms with Crippen molar-refractivity contribution in [1.82, 2.24) is 10.6 Å². The zero-order valence-electron chi connectivity index (χ0n) is 10.6. The zero-order chi connectivity index (χ0) is 12.4. The number of carbonyl (C=O) groups is 1. The number of rotatable bonds is 3. The highest BCUT2D eigenvalue weighted by Crippen LogP contribution is 2.23. The van der Waals surface area contributed by atoms with Crippen molar-refractivity contribution in [3.63, 3.8) is 0 Å². The van der Waals surface area contributed by atoms with Crippen LogP contribution in [0.3, 0.4) is 0 Å². The van der Waals surface area contributed by atoms with E-state index in [0.29, 0.717) is 5.92 Å². The van der Waals surface area contributed by atoms with Gasteiger partial charge < -0.3 is 10.6 Å². The molecule has 17 heavy (non-hydrogen) atoms. The summed E-state index contributed by atoms with van der Waals surface area (Å²) in [6, 6.07) is 4.28. The van der Waals surface area contributed by atoms with E-state index in [1.807, 2.05) is 6.92 Å². The molecular formula is C13H20N2OS. The van der Waals surface area contributed by atoms with Gasteiger partial charge in [0.2, 0.25) is 5.91 Å². The van der Waals surface area contributed by atoms with Crippen LogP contribution in [0.15, 0.2) is 12.1 Å². The smallest absolute Gasteiger partial charge is 0.237 e. The van der Waals surface area contributed by atoms with Crippen LogP contribution >= 0.6 is 11.3 Å². The van der Waals surface area contributed by atoms with Crippen LogP contribution in [0.1, 0.15) is 36.1 Å². The Balaban J connectivity index is 1.94. The van der Waals surface area contributed by atoms with Crippen LogP contribution < -0.4 is 10.6 Å². The molecule has 0 aromatic carbocycles. The first kappa shape index (κ1) is 12.6. The average molecular weight is 252 g/mol. The van der Waals surface area contributed by atoms with Crippen molar-refractivity contribution in [3.8, 4) is 0 Å². The number of hydrogen-bond donors (Lipinski definition) is 2. The molecule has 1 saturated heterocycles. The monoisotopic (exact) mass is 252 g/mol. The van der Waals surface area contributed by atoms with Crippen LogP contribution in [0.2, 0.25) is 0 Å². The molecule has 1 aromatic rings. The van der Waals surface area contributed by atoms with Gasteiger partial charge in [-0.15, -0.1) is 11.3 Å². The van der Waals surface area contributed by atoms with Gasteiger partial charge in [0.25, 0.3) is 0 Å². The fourth-order valence-electron chi connectivity index (χ4n) is 2.25. The van der Waals surface area contributed by atoms with Gasteiger partial charge in [-0.3, -0.25) is 4.79 Å². The van der Waals surface area contributed by atoms with E-state index in [1.165, 1.54) is 9.75 Å². The molecule has 1 amide bonds. The standard InChI is InChI=1S/C13H20N2OS/c1-8-6-7-14-12(8)13(16)15-10(3)11-5-4-9(2)17-11/h4-5,8,10,12,14H,6-7H2,1-3H3,(H,15,16). The van der Waals surface area contributed by atoms with Crippen molar-refractivity contribution < 1.29 is 4.79 Å². The summed E-state index contributed by atoms with van der Waals surface area (Å²) in [6.07, 6.45) is 1.09. The van der Waals surface area contributed by atoms with Crippen LogP contribution in [0.25, 0.3) is 0 Å². The molecule has 0 spiro atoms. The summed E-state index contributed by atoms with van der Waals surface area (Å²) in [5, 5.41) is 6.35. The Morgan fingerprint density at radius 3 is 2.88 bits per heavy atom. The highest BCUT2D eigenvalue weighted by Gasteiger charge is 2.29. The van der Waals surface area contributed by atoms with Crippen LogP contribution in [0, 0.1) is 12.8 Å². The van der Waals surface area contributed by atoms with Crippen LogP contribution in [-0.2, 0) is 4.79 Å². The van der Waals surface area contributed by atoms with Gasteiger partial charge in [0.15, 0.2) is 0 Å². The van der Waals surface area contributed by atoms with Crippen LogP contribution in [0.4, 0.5) is 0 Å². The largest absolute Gasteiger partial charge is 0.347 e. The van der Waals surface area contributed by atoms with Crippen molar-refractivity contribution in [3.05, 3.63) is 21.9 Å². The number of hydrogen-bond acceptors (Lipinski definition) is 3. The molecule has 3 unspecified atom stereocenters. The highest BCUT2D eigenvalue weighted by atomic mass is 32.1. The molecule has 1 fully saturated rings. The van der Waals surface area contributed by atoms with Crippen molar-refractivity contribution in [2.24, 2.45) is 5.92 Å². The second-order valence-corrected chi connectivity index (χ2v) is 6.20. The molecule has 2 rings (SSSR count). The molecule has 3 atom stereocenters. The third-order valence-corrected chi connectivity index (χ3v) is 4.55. The maximum Gasteiger partial charge on any atom is 0.237 e. The predicted molar refractivity (Wildman–Crippen MR) is 71.2 cm³/mol. The fourth-order valence-corrected chi connectivity index (χ4v) is 3.13. The lowest BCUT2D eigenvalue weighted by Gasteiger charge is -2.19. The van der Waals surface area contributed by atoms with Gasteiger partial charge >= 0.3 is 0 Å². The Labute approximate surface area is 107 Å². The Morgan fingerprint density at radius 2 is 2.35 bits per heavy atom. The summed E-state index contributed by atoms with van der Waals surface area (Å²) >= 11 is 1.75. The molecular weight excluding hydrogens is 232 g/mol. The van der Waals surface area contributed by atoms with E-state index < -0.39 is 0 Å². The minimum atomic E-state index is -0.0153. The molecule has 1 aliphatic rings. The normalized spacial score (nSPS) is 25.8. The van der Waals surface area contributed by atoms with E-state index in [1.54, 1.807) is 11.3 Å². The van der Waals surface area contributed by atoms with E-state index in [-0.39, 0.29) is 18.0 Å². The van der Waals surface area contributed by atoms with E-state index in [9.17, 15) is 4.79 Å². The Bertz CT molecular complexity index is 402. The molecule has 0 radical (unpaired) electrons. The molecule has 2 N–H and O–H groups in total. The Kier molecular flexibility index (Phi) is 3.84. The molecule has 94 valence electrons. The topological polar surface area (TPSA) is 41.1 Å². The first-order chi connectivity index (χ1) is 8.08. The van der Waals surface area contributed by atoms with E-state index in [0.717, 1.165) is 13.0 Å². The van der Waals surface area contributed by atoms with Crippen molar-refractivity contribution in [1.29, 1.82) is 0 Å². The van der Waals surface area contributed by atoms with Gasteiger partial charge in [-0.2, -0.15) is 0 Å². The SMILES string of the molecule is Cc1ccc(C(C)NC(=O)C2NCCC2C)s1. The maximum absolute atomic E-state index is 12.1. The second-order valence-electron chi connectivity index (χ2n) is 4.88. The predicted octanol–water partition coefficient (Wildman–Crippen LogP) is 2.23. The summed E-state index contributed by atoms with van der Waals surface area (Å²) in [6.45, 7) is 7.21. The van der Waals surface area contributed by atoms with Crippen LogP contribution in [-0.4, -0.2) is 18.5 Å². The van der Waals surface area contributed by atoms with E-state index in [2.05, 4.69) is 36.6 Å². The molecule has 3 nitrogen and oxygen atoms in total. The summed E-state index contributed by atoms with van der Waals surface area (Å²) in [5.74, 6) is 0.570. The molecule has 0 saturated carbocycles. The summed E-state index contributed by atoms with van der Waals surface area (Å²) in [7, 11) is 0. The maximum atomic E-state index is 12.1. The van der Waals surface area contributed by atoms with Gasteiger partial charge in [0.1, 0.15) is 0 Å². The Hall–Kier alpha value is -0.870. The summed E-state index contributed by atoms with van der Waals surface area (Å²) in [4.78, 5) is 14.6. The van der Waals surface area contributed by atoms with Gasteiger partial charge in [-0.05, 0) is 44.9 Å². The lowest BCUT2D eigenvalue weighted by molar-refractivity contribution is -0.124. The molecule has 1 aromatic heterocycles. The number of thiophene rings is 1. The minimum Gasteiger partial charge on any atom is -0.347 e. The van der Waals surface area contributed by atoms with Gasteiger partial charge in [0, 0.05) is 9.75 Å². The zero-order valence-corrected chi connectivity index (χ0v) is 11.4. The quantitative estimate of drug-likeness (QED) is 0.866. The first-order valence-corrected chi connectivity index (χ1v) is 6.99. The second kappa shape index (κ2) is 5.19. The number of carbonyl (C=O) groups excluding carboxylic acids is 1. The van der Waals surface area contributed by atoms with Crippen molar-refractivity contribution >= 4 is 17.2 Å². The third kappa shape index (κ3) is 2.87. The molecule has 4 heteroatoms. The number of aryl methyl sites for hydroxylation is 1. The van der Waals surface area contributed by atoms with Crippen molar-refractivity contribution in [2.45, 2.75) is 39.3 Å². The van der Waals surface area contributed by atoms with Crippen molar-refractivity contribution in [2.75, 3.05) is 6.54 Å². The molecule has 1 aliphatic heterocycles. The van der Waals surface area contributed by atoms with Crippen LogP contribution in [0.5, 0.6) is 0 Å². The van der Waals surface area contributed by atoms with E-state index in [4.69, 9.17) is 0 Å². The summed E-state index contributed by atoms with van der Waals surface area (Å²) < 4.78 is 0.